The van der Waals surface area contributed by atoms with Crippen LogP contribution in [0.15, 0.2) is 42.1 Å². The Morgan fingerprint density at radius 1 is 1.31 bits per heavy atom. The zero-order chi connectivity index (χ0) is 19.3. The molecule has 7 heteroatoms. The van der Waals surface area contributed by atoms with Crippen LogP contribution in [0.5, 0.6) is 0 Å². The summed E-state index contributed by atoms with van der Waals surface area (Å²) in [4.78, 5) is 49.3. The number of nitrogens with one attached hydrogen (secondary N) is 1. The summed E-state index contributed by atoms with van der Waals surface area (Å²) in [5.41, 5.74) is 1.70. The van der Waals surface area contributed by atoms with Crippen LogP contribution in [0.1, 0.15) is 12.5 Å². The lowest BCUT2D eigenvalue weighted by molar-refractivity contribution is -0.143. The molecule has 2 rings (SSSR count). The van der Waals surface area contributed by atoms with E-state index in [0.717, 1.165) is 0 Å². The van der Waals surface area contributed by atoms with E-state index >= 15 is 0 Å². The maximum Gasteiger partial charge on any atom is 0.250 e. The molecular weight excluding hydrogens is 336 g/mol. The molecule has 7 nitrogen and oxygen atoms in total. The van der Waals surface area contributed by atoms with E-state index in [1.807, 2.05) is 0 Å². The van der Waals surface area contributed by atoms with Gasteiger partial charge in [0.05, 0.1) is 0 Å². The fourth-order valence-corrected chi connectivity index (χ4v) is 2.46. The number of amides is 2. The lowest BCUT2D eigenvalue weighted by Crippen LogP contribution is -2.43. The molecule has 0 bridgehead atoms. The Labute approximate surface area is 151 Å². The summed E-state index contributed by atoms with van der Waals surface area (Å²) in [6.07, 6.45) is 4.00. The highest BCUT2D eigenvalue weighted by atomic mass is 16.5. The summed E-state index contributed by atoms with van der Waals surface area (Å²) in [6.45, 7) is 1.57. The number of hydrogen-bond donors (Lipinski definition) is 1. The standard InChI is InChI=1S/C19H20N2O5/c1-12-9-16(23)18(19(25)21(12)2)15(22)8-7-13-5-4-6-14(10-13)20-17(24)11-26-3/h4-10,18H,11H2,1-3H3,(H,20,24)/b8-7+. The van der Waals surface area contributed by atoms with E-state index in [2.05, 4.69) is 5.32 Å². The average molecular weight is 356 g/mol. The monoisotopic (exact) mass is 356 g/mol. The van der Waals surface area contributed by atoms with Crippen molar-refractivity contribution in [2.45, 2.75) is 6.92 Å². The van der Waals surface area contributed by atoms with E-state index in [0.29, 0.717) is 16.9 Å². The van der Waals surface area contributed by atoms with E-state index in [1.165, 1.54) is 37.3 Å². The zero-order valence-corrected chi connectivity index (χ0v) is 14.8. The highest BCUT2D eigenvalue weighted by Gasteiger charge is 2.37. The molecule has 0 fully saturated rings. The Kier molecular flexibility index (Phi) is 6.19. The van der Waals surface area contributed by atoms with Crippen LogP contribution in [0.4, 0.5) is 5.69 Å². The minimum atomic E-state index is -1.34. The van der Waals surface area contributed by atoms with E-state index in [4.69, 9.17) is 4.74 Å². The predicted octanol–water partition coefficient (Wildman–Crippen LogP) is 1.41. The van der Waals surface area contributed by atoms with E-state index in [9.17, 15) is 19.2 Å². The first kappa shape index (κ1) is 19.3. The van der Waals surface area contributed by atoms with Gasteiger partial charge in [0.25, 0.3) is 0 Å². The van der Waals surface area contributed by atoms with Crippen LogP contribution in [0.3, 0.4) is 0 Å². The molecule has 1 unspecified atom stereocenters. The van der Waals surface area contributed by atoms with E-state index < -0.39 is 23.4 Å². The molecule has 0 radical (unpaired) electrons. The Balaban J connectivity index is 2.12. The second-order valence-electron chi connectivity index (χ2n) is 5.86. The summed E-state index contributed by atoms with van der Waals surface area (Å²) < 4.78 is 4.75. The van der Waals surface area contributed by atoms with Crippen LogP contribution in [0.25, 0.3) is 6.08 Å². The maximum atomic E-state index is 12.3. The molecule has 0 aromatic heterocycles. The number of hydrogen-bond acceptors (Lipinski definition) is 5. The fraction of sp³-hybridized carbons (Fsp3) is 0.263. The summed E-state index contributed by atoms with van der Waals surface area (Å²) in [5.74, 6) is -3.27. The van der Waals surface area contributed by atoms with Gasteiger partial charge in [-0.2, -0.15) is 0 Å². The summed E-state index contributed by atoms with van der Waals surface area (Å²) >= 11 is 0. The first-order valence-electron chi connectivity index (χ1n) is 7.94. The smallest absolute Gasteiger partial charge is 0.250 e. The lowest BCUT2D eigenvalue weighted by atomic mass is 9.92. The van der Waals surface area contributed by atoms with Gasteiger partial charge < -0.3 is 15.0 Å². The van der Waals surface area contributed by atoms with Crippen LogP contribution in [-0.2, 0) is 23.9 Å². The van der Waals surface area contributed by atoms with Crippen molar-refractivity contribution in [3.8, 4) is 0 Å². The number of allylic oxidation sites excluding steroid dienone is 3. The summed E-state index contributed by atoms with van der Waals surface area (Å²) in [5, 5.41) is 2.65. The number of anilines is 1. The second kappa shape index (κ2) is 8.35. The number of ether oxygens (including phenoxy) is 1. The SMILES string of the molecule is COCC(=O)Nc1cccc(/C=C/C(=O)C2C(=O)C=C(C)N(C)C2=O)c1. The Hall–Kier alpha value is -3.06. The molecule has 26 heavy (non-hydrogen) atoms. The molecule has 1 aromatic carbocycles. The highest BCUT2D eigenvalue weighted by Crippen LogP contribution is 2.19. The zero-order valence-electron chi connectivity index (χ0n) is 14.8. The van der Waals surface area contributed by atoms with Gasteiger partial charge in [-0.05, 0) is 30.7 Å². The fourth-order valence-electron chi connectivity index (χ4n) is 2.46. The third kappa shape index (κ3) is 4.52. The maximum absolute atomic E-state index is 12.3. The normalized spacial score (nSPS) is 17.4. The van der Waals surface area contributed by atoms with Gasteiger partial charge in [0.2, 0.25) is 11.8 Å². The molecule has 1 N–H and O–H groups in total. The molecule has 0 aliphatic carbocycles. The Morgan fingerprint density at radius 3 is 2.73 bits per heavy atom. The number of ketones is 2. The van der Waals surface area contributed by atoms with Gasteiger partial charge in [0, 0.05) is 31.6 Å². The van der Waals surface area contributed by atoms with Gasteiger partial charge in [-0.15, -0.1) is 0 Å². The van der Waals surface area contributed by atoms with Crippen LogP contribution in [-0.4, -0.2) is 49.0 Å². The third-order valence-corrected chi connectivity index (χ3v) is 3.91. The van der Waals surface area contributed by atoms with Crippen LogP contribution < -0.4 is 5.32 Å². The van der Waals surface area contributed by atoms with E-state index in [-0.39, 0.29) is 12.5 Å². The first-order chi connectivity index (χ1) is 12.3. The molecule has 1 aromatic rings. The van der Waals surface area contributed by atoms with Crippen molar-refractivity contribution in [1.82, 2.24) is 4.90 Å². The number of nitrogens with zero attached hydrogens (tertiary/aromatic N) is 1. The Morgan fingerprint density at radius 2 is 2.04 bits per heavy atom. The first-order valence-corrected chi connectivity index (χ1v) is 7.94. The third-order valence-electron chi connectivity index (χ3n) is 3.91. The van der Waals surface area contributed by atoms with Gasteiger partial charge >= 0.3 is 0 Å². The van der Waals surface area contributed by atoms with Gasteiger partial charge in [-0.3, -0.25) is 19.2 Å². The highest BCUT2D eigenvalue weighted by molar-refractivity contribution is 6.26. The minimum absolute atomic E-state index is 0.0646. The quantitative estimate of drug-likeness (QED) is 0.615. The molecule has 0 saturated heterocycles. The lowest BCUT2D eigenvalue weighted by Gasteiger charge is -2.25. The molecule has 1 aliphatic heterocycles. The Bertz CT molecular complexity index is 810. The molecule has 136 valence electrons. The molecule has 0 spiro atoms. The topological polar surface area (TPSA) is 92.8 Å². The van der Waals surface area contributed by atoms with Crippen molar-refractivity contribution in [2.75, 3.05) is 26.1 Å². The van der Waals surface area contributed by atoms with Gasteiger partial charge in [-0.1, -0.05) is 18.2 Å². The van der Waals surface area contributed by atoms with Crippen LogP contribution >= 0.6 is 0 Å². The number of carbonyl (C=O) groups is 4. The second-order valence-corrected chi connectivity index (χ2v) is 5.86. The number of methoxy groups -OCH3 is 1. The molecule has 1 heterocycles. The number of carbonyl (C=O) groups excluding carboxylic acids is 4. The van der Waals surface area contributed by atoms with Crippen molar-refractivity contribution < 1.29 is 23.9 Å². The molecule has 2 amide bonds. The summed E-state index contributed by atoms with van der Waals surface area (Å²) in [6, 6.07) is 6.81. The van der Waals surface area contributed by atoms with Crippen molar-refractivity contribution >= 4 is 35.1 Å². The van der Waals surface area contributed by atoms with Crippen molar-refractivity contribution in [2.24, 2.45) is 5.92 Å². The molecule has 1 aliphatic rings. The van der Waals surface area contributed by atoms with Crippen molar-refractivity contribution in [1.29, 1.82) is 0 Å². The van der Waals surface area contributed by atoms with Crippen LogP contribution in [0.2, 0.25) is 0 Å². The van der Waals surface area contributed by atoms with Gasteiger partial charge in [-0.25, -0.2) is 0 Å². The number of rotatable bonds is 6. The average Bonchev–Trinajstić information content (AvgIpc) is 2.58. The van der Waals surface area contributed by atoms with Gasteiger partial charge in [0.1, 0.15) is 6.61 Å². The van der Waals surface area contributed by atoms with Crippen molar-refractivity contribution in [3.05, 3.63) is 47.7 Å². The van der Waals surface area contributed by atoms with Gasteiger partial charge in [0.15, 0.2) is 17.5 Å². The summed E-state index contributed by atoms with van der Waals surface area (Å²) in [7, 11) is 2.95. The minimum Gasteiger partial charge on any atom is -0.375 e. The van der Waals surface area contributed by atoms with Crippen LogP contribution in [0, 0.1) is 5.92 Å². The predicted molar refractivity (Wildman–Crippen MR) is 96.0 cm³/mol. The largest absolute Gasteiger partial charge is 0.375 e. The van der Waals surface area contributed by atoms with E-state index in [1.54, 1.807) is 31.2 Å². The molecule has 1 atom stereocenters. The van der Waals surface area contributed by atoms with Crippen molar-refractivity contribution in [3.63, 3.8) is 0 Å². The molecule has 0 saturated carbocycles. The number of benzene rings is 1. The molecular formula is C19H20N2O5.